The molecule has 0 bridgehead atoms. The number of nitrogens with two attached hydrogens (primary N) is 1. The smallest absolute Gasteiger partial charge is 0.227 e. The average molecular weight is 142 g/mol. The Morgan fingerprint density at radius 3 is 2.20 bits per heavy atom. The number of rotatable bonds is 4. The molecule has 0 aromatic heterocycles. The molecule has 0 aromatic rings. The molecule has 1 radical (unpaired) electrons. The van der Waals surface area contributed by atoms with Crippen molar-refractivity contribution in [3.8, 4) is 0 Å². The molecule has 3 nitrogen and oxygen atoms in total. The van der Waals surface area contributed by atoms with E-state index in [0.29, 0.717) is 12.8 Å². The number of carbonyl (C=O) groups is 2. The molecule has 0 spiro atoms. The molecule has 0 rings (SSSR count). The highest BCUT2D eigenvalue weighted by Crippen LogP contribution is 2.05. The molecule has 0 aromatic carbocycles. The van der Waals surface area contributed by atoms with Gasteiger partial charge in [0, 0.05) is 0 Å². The first-order valence-electron chi connectivity index (χ1n) is 3.18. The number of hydrogen-bond acceptors (Lipinski definition) is 2. The lowest BCUT2D eigenvalue weighted by Crippen LogP contribution is -2.28. The summed E-state index contributed by atoms with van der Waals surface area (Å²) < 4.78 is 0. The summed E-state index contributed by atoms with van der Waals surface area (Å²) in [4.78, 5) is 21.2. The minimum absolute atomic E-state index is 0.170. The quantitative estimate of drug-likeness (QED) is 0.573. The van der Waals surface area contributed by atoms with Crippen LogP contribution in [-0.2, 0) is 9.59 Å². The fourth-order valence-corrected chi connectivity index (χ4v) is 0.750. The van der Waals surface area contributed by atoms with Crippen molar-refractivity contribution in [2.45, 2.75) is 19.8 Å². The normalized spacial score (nSPS) is 12.6. The second-order valence-electron chi connectivity index (χ2n) is 2.21. The van der Waals surface area contributed by atoms with Crippen molar-refractivity contribution in [1.82, 2.24) is 0 Å². The van der Waals surface area contributed by atoms with Crippen LogP contribution in [-0.4, -0.2) is 11.7 Å². The Labute approximate surface area is 60.6 Å². The maximum Gasteiger partial charge on any atom is 0.227 e. The van der Waals surface area contributed by atoms with E-state index >= 15 is 0 Å². The third kappa shape index (κ3) is 2.62. The second kappa shape index (κ2) is 4.04. The van der Waals surface area contributed by atoms with Crippen LogP contribution in [0.3, 0.4) is 0 Å². The summed E-state index contributed by atoms with van der Waals surface area (Å²) in [6.45, 7) is 4.90. The Balaban J connectivity index is 3.98. The molecule has 1 amide bonds. The van der Waals surface area contributed by atoms with Crippen LogP contribution in [0.1, 0.15) is 19.8 Å². The molecule has 3 heteroatoms. The zero-order chi connectivity index (χ0) is 8.15. The van der Waals surface area contributed by atoms with Crippen LogP contribution >= 0.6 is 0 Å². The summed E-state index contributed by atoms with van der Waals surface area (Å²) in [5.41, 5.74) is 4.94. The van der Waals surface area contributed by atoms with Gasteiger partial charge < -0.3 is 5.73 Å². The lowest BCUT2D eigenvalue weighted by atomic mass is 9.99. The van der Waals surface area contributed by atoms with Gasteiger partial charge >= 0.3 is 0 Å². The maximum atomic E-state index is 10.6. The Morgan fingerprint density at radius 2 is 2.10 bits per heavy atom. The maximum absolute atomic E-state index is 10.6. The second-order valence-corrected chi connectivity index (χ2v) is 2.21. The van der Waals surface area contributed by atoms with Gasteiger partial charge in [0.15, 0.2) is 0 Å². The van der Waals surface area contributed by atoms with Crippen LogP contribution < -0.4 is 5.73 Å². The summed E-state index contributed by atoms with van der Waals surface area (Å²) in [5, 5.41) is 0. The average Bonchev–Trinajstić information content (AvgIpc) is 1.81. The largest absolute Gasteiger partial charge is 0.369 e. The minimum atomic E-state index is -0.627. The lowest BCUT2D eigenvalue weighted by molar-refractivity contribution is -0.131. The zero-order valence-electron chi connectivity index (χ0n) is 6.09. The summed E-state index contributed by atoms with van der Waals surface area (Å²) in [5.74, 6) is -1.34. The summed E-state index contributed by atoms with van der Waals surface area (Å²) >= 11 is 0. The molecule has 57 valence electrons. The van der Waals surface area contributed by atoms with Crippen molar-refractivity contribution < 1.29 is 9.59 Å². The molecular formula is C7H12NO2. The Hall–Kier alpha value is -0.860. The Morgan fingerprint density at radius 1 is 1.60 bits per heavy atom. The summed E-state index contributed by atoms with van der Waals surface area (Å²) in [6, 6.07) is 0. The third-order valence-corrected chi connectivity index (χ3v) is 1.33. The van der Waals surface area contributed by atoms with Crippen molar-refractivity contribution in [2.24, 2.45) is 11.7 Å². The van der Waals surface area contributed by atoms with Gasteiger partial charge in [-0.05, 0) is 13.3 Å². The van der Waals surface area contributed by atoms with Gasteiger partial charge in [0.05, 0.1) is 5.92 Å². The lowest BCUT2D eigenvalue weighted by Gasteiger charge is -2.05. The molecule has 0 fully saturated rings. The molecule has 0 heterocycles. The van der Waals surface area contributed by atoms with E-state index in [1.54, 1.807) is 0 Å². The first kappa shape index (κ1) is 9.14. The Bertz CT molecular complexity index is 129. The number of amides is 1. The molecule has 1 unspecified atom stereocenters. The molecule has 0 saturated carbocycles. The van der Waals surface area contributed by atoms with Crippen molar-refractivity contribution in [3.05, 3.63) is 6.92 Å². The van der Waals surface area contributed by atoms with Gasteiger partial charge in [0.2, 0.25) is 5.91 Å². The van der Waals surface area contributed by atoms with Gasteiger partial charge in [-0.15, -0.1) is 0 Å². The number of hydrogen-bond donors (Lipinski definition) is 1. The van der Waals surface area contributed by atoms with Crippen molar-refractivity contribution in [1.29, 1.82) is 0 Å². The van der Waals surface area contributed by atoms with E-state index in [1.165, 1.54) is 6.92 Å². The molecule has 0 aliphatic rings. The number of Topliss-reactive ketones (excluding diaryl/α,β-unsaturated/α-hetero) is 1. The van der Waals surface area contributed by atoms with E-state index in [-0.39, 0.29) is 5.78 Å². The molecule has 0 aliphatic heterocycles. The molecule has 10 heavy (non-hydrogen) atoms. The molecule has 2 N–H and O–H groups in total. The molecular weight excluding hydrogens is 130 g/mol. The van der Waals surface area contributed by atoms with Crippen LogP contribution in [0.4, 0.5) is 0 Å². The Kier molecular flexibility index (Phi) is 3.69. The minimum Gasteiger partial charge on any atom is -0.369 e. The highest BCUT2D eigenvalue weighted by molar-refractivity contribution is 5.99. The van der Waals surface area contributed by atoms with Gasteiger partial charge in [-0.2, -0.15) is 0 Å². The first-order chi connectivity index (χ1) is 4.59. The zero-order valence-corrected chi connectivity index (χ0v) is 6.09. The fraction of sp³-hybridized carbons (Fsp3) is 0.571. The topological polar surface area (TPSA) is 60.2 Å². The fourth-order valence-electron chi connectivity index (χ4n) is 0.750. The van der Waals surface area contributed by atoms with Crippen LogP contribution in [0.5, 0.6) is 0 Å². The van der Waals surface area contributed by atoms with Crippen molar-refractivity contribution in [3.63, 3.8) is 0 Å². The monoisotopic (exact) mass is 142 g/mol. The highest BCUT2D eigenvalue weighted by Gasteiger charge is 2.18. The van der Waals surface area contributed by atoms with Gasteiger partial charge in [-0.25, -0.2) is 0 Å². The highest BCUT2D eigenvalue weighted by atomic mass is 16.2. The van der Waals surface area contributed by atoms with Crippen LogP contribution in [0.2, 0.25) is 0 Å². The predicted molar refractivity (Wildman–Crippen MR) is 38.0 cm³/mol. The standard InChI is InChI=1S/C7H12NO2/c1-3-4-6(5(2)9)7(8)10/h6H,1,3-4H2,2H3,(H2,8,10). The van der Waals surface area contributed by atoms with Crippen molar-refractivity contribution in [2.75, 3.05) is 0 Å². The SMILES string of the molecule is [CH2]CCC(C(C)=O)C(N)=O. The third-order valence-electron chi connectivity index (χ3n) is 1.33. The molecule has 1 atom stereocenters. The summed E-state index contributed by atoms with van der Waals surface area (Å²) in [7, 11) is 0. The van der Waals surface area contributed by atoms with Gasteiger partial charge in [-0.3, -0.25) is 9.59 Å². The van der Waals surface area contributed by atoms with Gasteiger partial charge in [0.25, 0.3) is 0 Å². The molecule has 0 aliphatic carbocycles. The van der Waals surface area contributed by atoms with Crippen LogP contribution in [0.15, 0.2) is 0 Å². The van der Waals surface area contributed by atoms with Crippen LogP contribution in [0.25, 0.3) is 0 Å². The summed E-state index contributed by atoms with van der Waals surface area (Å²) in [6.07, 6.45) is 1.03. The van der Waals surface area contributed by atoms with E-state index in [2.05, 4.69) is 6.92 Å². The van der Waals surface area contributed by atoms with Gasteiger partial charge in [-0.1, -0.05) is 13.3 Å². The van der Waals surface area contributed by atoms with E-state index in [1.807, 2.05) is 0 Å². The predicted octanol–water partition coefficient (Wildman–Crippen LogP) is 0.291. The number of ketones is 1. The van der Waals surface area contributed by atoms with E-state index < -0.39 is 11.8 Å². The first-order valence-corrected chi connectivity index (χ1v) is 3.18. The molecule has 0 saturated heterocycles. The van der Waals surface area contributed by atoms with Crippen LogP contribution in [0, 0.1) is 12.8 Å². The van der Waals surface area contributed by atoms with E-state index in [0.717, 1.165) is 0 Å². The van der Waals surface area contributed by atoms with Gasteiger partial charge in [0.1, 0.15) is 5.78 Å². The number of carbonyl (C=O) groups excluding carboxylic acids is 2. The van der Waals surface area contributed by atoms with E-state index in [9.17, 15) is 9.59 Å². The number of primary amides is 1. The van der Waals surface area contributed by atoms with E-state index in [4.69, 9.17) is 5.73 Å². The van der Waals surface area contributed by atoms with Crippen molar-refractivity contribution >= 4 is 11.7 Å².